The Hall–Kier alpha value is -1.79. The second kappa shape index (κ2) is 9.20. The molecular weight excluding hydrogens is 272 g/mol. The highest BCUT2D eigenvalue weighted by atomic mass is 16.5. The molecule has 1 aromatic carbocycles. The van der Waals surface area contributed by atoms with Crippen molar-refractivity contribution >= 4 is 5.91 Å². The Bertz CT molecular complexity index is 439. The van der Waals surface area contributed by atoms with Crippen LogP contribution >= 0.6 is 0 Å². The van der Waals surface area contributed by atoms with Crippen LogP contribution in [0.1, 0.15) is 6.92 Å². The Morgan fingerprint density at radius 3 is 2.67 bits per heavy atom. The largest absolute Gasteiger partial charge is 0.493 e. The molecule has 2 N–H and O–H groups in total. The Balaban J connectivity index is 2.28. The van der Waals surface area contributed by atoms with Gasteiger partial charge in [-0.2, -0.15) is 0 Å². The minimum atomic E-state index is -0.699. The van der Waals surface area contributed by atoms with Crippen LogP contribution in [-0.2, 0) is 4.79 Å². The number of aliphatic hydroxyl groups excluding tert-OH is 1. The third-order valence-corrected chi connectivity index (χ3v) is 3.06. The summed E-state index contributed by atoms with van der Waals surface area (Å²) in [6.45, 7) is 3.20. The Morgan fingerprint density at radius 1 is 1.38 bits per heavy atom. The van der Waals surface area contributed by atoms with Crippen LogP contribution in [0.4, 0.5) is 0 Å². The molecule has 1 unspecified atom stereocenters. The number of carbonyl (C=O) groups is 1. The summed E-state index contributed by atoms with van der Waals surface area (Å²) >= 11 is 0. The van der Waals surface area contributed by atoms with E-state index in [1.807, 2.05) is 19.1 Å². The van der Waals surface area contributed by atoms with Gasteiger partial charge in [-0.3, -0.25) is 4.79 Å². The lowest BCUT2D eigenvalue weighted by Crippen LogP contribution is -2.39. The van der Waals surface area contributed by atoms with Crippen LogP contribution in [0.5, 0.6) is 11.5 Å². The summed E-state index contributed by atoms with van der Waals surface area (Å²) < 4.78 is 10.7. The summed E-state index contributed by atoms with van der Waals surface area (Å²) in [5.74, 6) is 1.20. The van der Waals surface area contributed by atoms with Crippen LogP contribution in [0.3, 0.4) is 0 Å². The number of nitrogens with zero attached hydrogens (tertiary/aromatic N) is 1. The first-order valence-corrected chi connectivity index (χ1v) is 6.97. The van der Waals surface area contributed by atoms with Gasteiger partial charge in [0.1, 0.15) is 12.7 Å². The molecule has 1 aromatic rings. The molecule has 6 heteroatoms. The molecular formula is C15H24N2O4. The summed E-state index contributed by atoms with van der Waals surface area (Å²) in [5.41, 5.74) is 0. The highest BCUT2D eigenvalue weighted by Gasteiger charge is 2.10. The van der Waals surface area contributed by atoms with E-state index in [1.165, 1.54) is 0 Å². The van der Waals surface area contributed by atoms with Crippen LogP contribution in [-0.4, -0.2) is 62.4 Å². The van der Waals surface area contributed by atoms with Gasteiger partial charge in [0.15, 0.2) is 11.5 Å². The summed E-state index contributed by atoms with van der Waals surface area (Å²) in [5, 5.41) is 12.7. The average molecular weight is 296 g/mol. The highest BCUT2D eigenvalue weighted by molar-refractivity contribution is 5.77. The van der Waals surface area contributed by atoms with Gasteiger partial charge < -0.3 is 24.8 Å². The van der Waals surface area contributed by atoms with E-state index in [4.69, 9.17) is 9.47 Å². The predicted molar refractivity (Wildman–Crippen MR) is 80.7 cm³/mol. The van der Waals surface area contributed by atoms with Crippen molar-refractivity contribution in [3.8, 4) is 11.5 Å². The van der Waals surface area contributed by atoms with Crippen LogP contribution in [0.15, 0.2) is 24.3 Å². The number of para-hydroxylation sites is 2. The van der Waals surface area contributed by atoms with Gasteiger partial charge >= 0.3 is 0 Å². The number of aliphatic hydroxyl groups is 1. The molecule has 21 heavy (non-hydrogen) atoms. The van der Waals surface area contributed by atoms with Gasteiger partial charge in [0.25, 0.3) is 0 Å². The lowest BCUT2D eigenvalue weighted by molar-refractivity contribution is -0.128. The molecule has 0 spiro atoms. The summed E-state index contributed by atoms with van der Waals surface area (Å²) in [4.78, 5) is 13.2. The normalized spacial score (nSPS) is 11.8. The Kier molecular flexibility index (Phi) is 7.56. The summed E-state index contributed by atoms with van der Waals surface area (Å²) in [6, 6.07) is 7.25. The average Bonchev–Trinajstić information content (AvgIpc) is 2.52. The molecule has 0 aliphatic heterocycles. The summed E-state index contributed by atoms with van der Waals surface area (Å²) in [7, 11) is 3.31. The van der Waals surface area contributed by atoms with Crippen LogP contribution in [0.25, 0.3) is 0 Å². The van der Waals surface area contributed by atoms with Crippen molar-refractivity contribution in [3.05, 3.63) is 24.3 Å². The van der Waals surface area contributed by atoms with Crippen molar-refractivity contribution in [1.29, 1.82) is 0 Å². The van der Waals surface area contributed by atoms with Gasteiger partial charge in [0.2, 0.25) is 5.91 Å². The maximum absolute atomic E-state index is 11.6. The number of hydrogen-bond acceptors (Lipinski definition) is 5. The van der Waals surface area contributed by atoms with Crippen molar-refractivity contribution in [2.75, 3.05) is 40.4 Å². The van der Waals surface area contributed by atoms with Gasteiger partial charge in [-0.15, -0.1) is 0 Å². The zero-order valence-electron chi connectivity index (χ0n) is 12.8. The summed E-state index contributed by atoms with van der Waals surface area (Å²) in [6.07, 6.45) is -0.699. The first kappa shape index (κ1) is 17.3. The molecule has 0 radical (unpaired) electrons. The molecule has 1 rings (SSSR count). The number of likely N-dealkylation sites (N-methyl/N-ethyl adjacent to an activating group) is 1. The fraction of sp³-hybridized carbons (Fsp3) is 0.533. The molecule has 6 nitrogen and oxygen atoms in total. The zero-order chi connectivity index (χ0) is 15.7. The third-order valence-electron chi connectivity index (χ3n) is 3.06. The zero-order valence-corrected chi connectivity index (χ0v) is 12.8. The van der Waals surface area contributed by atoms with Gasteiger partial charge in [0.05, 0.1) is 13.7 Å². The number of ether oxygens (including phenoxy) is 2. The van der Waals surface area contributed by atoms with E-state index in [-0.39, 0.29) is 19.1 Å². The predicted octanol–water partition coefficient (Wildman–Crippen LogP) is 0.503. The number of carbonyl (C=O) groups excluding carboxylic acids is 1. The first-order valence-electron chi connectivity index (χ1n) is 6.97. The third kappa shape index (κ3) is 6.01. The topological polar surface area (TPSA) is 71.0 Å². The van der Waals surface area contributed by atoms with E-state index in [9.17, 15) is 9.90 Å². The van der Waals surface area contributed by atoms with Gasteiger partial charge in [-0.1, -0.05) is 12.1 Å². The number of rotatable bonds is 9. The van der Waals surface area contributed by atoms with Crippen LogP contribution < -0.4 is 14.8 Å². The molecule has 0 saturated heterocycles. The highest BCUT2D eigenvalue weighted by Crippen LogP contribution is 2.25. The molecule has 0 aliphatic rings. The molecule has 1 atom stereocenters. The fourth-order valence-electron chi connectivity index (χ4n) is 1.64. The van der Waals surface area contributed by atoms with Gasteiger partial charge in [-0.25, -0.2) is 0 Å². The molecule has 0 bridgehead atoms. The van der Waals surface area contributed by atoms with Crippen molar-refractivity contribution < 1.29 is 19.4 Å². The van der Waals surface area contributed by atoms with Crippen molar-refractivity contribution in [2.45, 2.75) is 13.0 Å². The van der Waals surface area contributed by atoms with Crippen molar-refractivity contribution in [3.63, 3.8) is 0 Å². The van der Waals surface area contributed by atoms with E-state index >= 15 is 0 Å². The van der Waals surface area contributed by atoms with Crippen LogP contribution in [0.2, 0.25) is 0 Å². The quantitative estimate of drug-likeness (QED) is 0.694. The molecule has 0 heterocycles. The van der Waals surface area contributed by atoms with E-state index < -0.39 is 6.10 Å². The lowest BCUT2D eigenvalue weighted by atomic mass is 10.3. The molecule has 0 aromatic heterocycles. The Labute approximate surface area is 125 Å². The van der Waals surface area contributed by atoms with Gasteiger partial charge in [0, 0.05) is 20.1 Å². The number of amides is 1. The van der Waals surface area contributed by atoms with E-state index in [2.05, 4.69) is 5.32 Å². The number of nitrogens with one attached hydrogen (secondary N) is 1. The maximum Gasteiger partial charge on any atom is 0.236 e. The number of benzene rings is 1. The monoisotopic (exact) mass is 296 g/mol. The van der Waals surface area contributed by atoms with Crippen molar-refractivity contribution in [1.82, 2.24) is 10.2 Å². The molecule has 0 fully saturated rings. The molecule has 0 aliphatic carbocycles. The number of methoxy groups -OCH3 is 1. The maximum atomic E-state index is 11.6. The van der Waals surface area contributed by atoms with E-state index in [0.717, 1.165) is 0 Å². The molecule has 0 saturated carbocycles. The second-order valence-electron chi connectivity index (χ2n) is 4.65. The smallest absolute Gasteiger partial charge is 0.236 e. The standard InChI is InChI=1S/C15H24N2O4/c1-4-17(2)15(19)10-16-9-12(18)11-21-14-8-6-5-7-13(14)20-3/h5-8,12,16,18H,4,9-11H2,1-3H3. The SMILES string of the molecule is CCN(C)C(=O)CNCC(O)COc1ccccc1OC. The van der Waals surface area contributed by atoms with Gasteiger partial charge in [-0.05, 0) is 19.1 Å². The first-order chi connectivity index (χ1) is 10.1. The molecule has 118 valence electrons. The minimum absolute atomic E-state index is 0.00431. The Morgan fingerprint density at radius 2 is 2.05 bits per heavy atom. The van der Waals surface area contributed by atoms with Crippen LogP contribution in [0, 0.1) is 0 Å². The minimum Gasteiger partial charge on any atom is -0.493 e. The van der Waals surface area contributed by atoms with Crippen molar-refractivity contribution in [2.24, 2.45) is 0 Å². The second-order valence-corrected chi connectivity index (χ2v) is 4.65. The number of hydrogen-bond donors (Lipinski definition) is 2. The lowest BCUT2D eigenvalue weighted by Gasteiger charge is -2.17. The van der Waals surface area contributed by atoms with E-state index in [0.29, 0.717) is 24.6 Å². The van der Waals surface area contributed by atoms with E-state index in [1.54, 1.807) is 31.2 Å². The fourth-order valence-corrected chi connectivity index (χ4v) is 1.64. The molecule has 1 amide bonds.